The van der Waals surface area contributed by atoms with Gasteiger partial charge in [0, 0.05) is 11.4 Å². The van der Waals surface area contributed by atoms with Gasteiger partial charge in [-0.1, -0.05) is 0 Å². The van der Waals surface area contributed by atoms with Crippen molar-refractivity contribution in [2.24, 2.45) is 5.73 Å². The number of aryl methyl sites for hydroxylation is 1. The van der Waals surface area contributed by atoms with Gasteiger partial charge in [0.15, 0.2) is 0 Å². The molecule has 0 radical (unpaired) electrons. The number of carbonyl (C=O) groups is 1. The summed E-state index contributed by atoms with van der Waals surface area (Å²) in [5.41, 5.74) is 9.15. The summed E-state index contributed by atoms with van der Waals surface area (Å²) in [5, 5.41) is 0. The highest BCUT2D eigenvalue weighted by atomic mass is 16.5. The van der Waals surface area contributed by atoms with Crippen molar-refractivity contribution < 1.29 is 9.53 Å². The Balaban J connectivity index is 2.27. The summed E-state index contributed by atoms with van der Waals surface area (Å²) in [6.07, 6.45) is 3.60. The fourth-order valence-corrected chi connectivity index (χ4v) is 1.71. The van der Waals surface area contributed by atoms with Crippen LogP contribution in [0.2, 0.25) is 0 Å². The van der Waals surface area contributed by atoms with Gasteiger partial charge in [-0.2, -0.15) is 0 Å². The second-order valence-electron chi connectivity index (χ2n) is 3.56. The molecule has 0 aromatic carbocycles. The fraction of sp³-hybridized carbons (Fsp3) is 0.364. The van der Waals surface area contributed by atoms with E-state index in [1.165, 1.54) is 0 Å². The number of hydrogen-bond acceptors (Lipinski definition) is 3. The molecule has 1 aromatic rings. The number of allylic oxidation sites excluding steroid dienone is 1. The van der Waals surface area contributed by atoms with Crippen LogP contribution in [0.5, 0.6) is 0 Å². The summed E-state index contributed by atoms with van der Waals surface area (Å²) in [6.45, 7) is 2.18. The van der Waals surface area contributed by atoms with Gasteiger partial charge in [-0.25, -0.2) is 4.79 Å². The monoisotopic (exact) mass is 206 g/mol. The standard InChI is InChI=1S/C11H14N2O2/c1-2-15-11(14)10-6-7-5-8(12)3-4-9(7)13-10/h5-6,13H,2-4,12H2,1H3. The molecular weight excluding hydrogens is 192 g/mol. The molecule has 80 valence electrons. The zero-order chi connectivity index (χ0) is 10.8. The molecule has 4 heteroatoms. The van der Waals surface area contributed by atoms with Crippen LogP contribution in [-0.2, 0) is 11.2 Å². The Morgan fingerprint density at radius 3 is 3.13 bits per heavy atom. The number of nitrogens with one attached hydrogen (secondary N) is 1. The van der Waals surface area contributed by atoms with Gasteiger partial charge in [0.25, 0.3) is 0 Å². The van der Waals surface area contributed by atoms with E-state index in [-0.39, 0.29) is 5.97 Å². The van der Waals surface area contributed by atoms with Gasteiger partial charge >= 0.3 is 5.97 Å². The van der Waals surface area contributed by atoms with Crippen LogP contribution < -0.4 is 5.73 Å². The number of aromatic nitrogens is 1. The van der Waals surface area contributed by atoms with Crippen LogP contribution in [0.3, 0.4) is 0 Å². The van der Waals surface area contributed by atoms with Crippen molar-refractivity contribution in [1.29, 1.82) is 0 Å². The number of aromatic amines is 1. The smallest absolute Gasteiger partial charge is 0.354 e. The summed E-state index contributed by atoms with van der Waals surface area (Å²) in [7, 11) is 0. The Morgan fingerprint density at radius 1 is 1.60 bits per heavy atom. The average Bonchev–Trinajstić information content (AvgIpc) is 2.60. The lowest BCUT2D eigenvalue weighted by atomic mass is 10.0. The van der Waals surface area contributed by atoms with Crippen LogP contribution in [0.1, 0.15) is 35.1 Å². The molecule has 1 aromatic heterocycles. The number of rotatable bonds is 2. The molecule has 0 saturated heterocycles. The van der Waals surface area contributed by atoms with Crippen molar-refractivity contribution >= 4 is 12.0 Å². The van der Waals surface area contributed by atoms with Crippen molar-refractivity contribution in [2.45, 2.75) is 19.8 Å². The summed E-state index contributed by atoms with van der Waals surface area (Å²) in [4.78, 5) is 14.5. The van der Waals surface area contributed by atoms with E-state index in [0.29, 0.717) is 12.3 Å². The predicted octanol–water partition coefficient (Wildman–Crippen LogP) is 1.44. The number of carbonyl (C=O) groups excluding carboxylic acids is 1. The highest BCUT2D eigenvalue weighted by molar-refractivity contribution is 5.88. The fourth-order valence-electron chi connectivity index (χ4n) is 1.71. The van der Waals surface area contributed by atoms with Gasteiger partial charge in [-0.15, -0.1) is 0 Å². The molecule has 0 bridgehead atoms. The Bertz CT molecular complexity index is 418. The predicted molar refractivity (Wildman–Crippen MR) is 57.2 cm³/mol. The van der Waals surface area contributed by atoms with Gasteiger partial charge in [0.05, 0.1) is 6.61 Å². The molecule has 1 aliphatic rings. The normalized spacial score (nSPS) is 14.3. The molecule has 3 N–H and O–H groups in total. The molecule has 0 aliphatic heterocycles. The number of fused-ring (bicyclic) bond motifs is 1. The first kappa shape index (κ1) is 9.83. The molecular formula is C11H14N2O2. The first-order valence-electron chi connectivity index (χ1n) is 5.05. The summed E-state index contributed by atoms with van der Waals surface area (Å²) < 4.78 is 4.91. The Kier molecular flexibility index (Phi) is 2.49. The quantitative estimate of drug-likeness (QED) is 0.719. The van der Waals surface area contributed by atoms with Crippen LogP contribution in [0, 0.1) is 0 Å². The molecule has 0 atom stereocenters. The van der Waals surface area contributed by atoms with Crippen molar-refractivity contribution in [3.8, 4) is 0 Å². The van der Waals surface area contributed by atoms with Crippen LogP contribution in [-0.4, -0.2) is 17.6 Å². The van der Waals surface area contributed by atoms with Gasteiger partial charge in [-0.05, 0) is 37.5 Å². The first-order chi connectivity index (χ1) is 7.20. The number of nitrogens with two attached hydrogens (primary N) is 1. The first-order valence-corrected chi connectivity index (χ1v) is 5.05. The minimum atomic E-state index is -0.307. The van der Waals surface area contributed by atoms with Gasteiger partial charge in [-0.3, -0.25) is 0 Å². The average molecular weight is 206 g/mol. The molecule has 0 unspecified atom stereocenters. The minimum absolute atomic E-state index is 0.307. The third-order valence-electron chi connectivity index (χ3n) is 2.43. The van der Waals surface area contributed by atoms with Crippen molar-refractivity contribution in [3.05, 3.63) is 28.7 Å². The maximum absolute atomic E-state index is 11.4. The maximum Gasteiger partial charge on any atom is 0.354 e. The zero-order valence-corrected chi connectivity index (χ0v) is 8.67. The van der Waals surface area contributed by atoms with E-state index in [1.54, 1.807) is 13.0 Å². The number of esters is 1. The van der Waals surface area contributed by atoms with E-state index < -0.39 is 0 Å². The maximum atomic E-state index is 11.4. The van der Waals surface area contributed by atoms with E-state index >= 15 is 0 Å². The van der Waals surface area contributed by atoms with E-state index in [4.69, 9.17) is 10.5 Å². The second-order valence-corrected chi connectivity index (χ2v) is 3.56. The SMILES string of the molecule is CCOC(=O)c1cc2c([nH]1)CCC(N)=C2. The van der Waals surface area contributed by atoms with Crippen molar-refractivity contribution in [1.82, 2.24) is 4.98 Å². The number of H-pyrrole nitrogens is 1. The van der Waals surface area contributed by atoms with E-state index in [0.717, 1.165) is 29.8 Å². The van der Waals surface area contributed by atoms with Crippen LogP contribution in [0.15, 0.2) is 11.8 Å². The summed E-state index contributed by atoms with van der Waals surface area (Å²) >= 11 is 0. The van der Waals surface area contributed by atoms with Crippen molar-refractivity contribution in [2.75, 3.05) is 6.61 Å². The molecule has 15 heavy (non-hydrogen) atoms. The molecule has 0 fully saturated rings. The highest BCUT2D eigenvalue weighted by Gasteiger charge is 2.16. The van der Waals surface area contributed by atoms with E-state index in [9.17, 15) is 4.79 Å². The van der Waals surface area contributed by atoms with Crippen molar-refractivity contribution in [3.63, 3.8) is 0 Å². The lowest BCUT2D eigenvalue weighted by Crippen LogP contribution is -2.06. The third-order valence-corrected chi connectivity index (χ3v) is 2.43. The Labute approximate surface area is 88.1 Å². The third kappa shape index (κ3) is 1.88. The molecule has 0 saturated carbocycles. The molecule has 1 aliphatic carbocycles. The minimum Gasteiger partial charge on any atom is -0.461 e. The topological polar surface area (TPSA) is 68.1 Å². The zero-order valence-electron chi connectivity index (χ0n) is 8.67. The number of hydrogen-bond donors (Lipinski definition) is 2. The Hall–Kier alpha value is -1.71. The molecule has 4 nitrogen and oxygen atoms in total. The second kappa shape index (κ2) is 3.81. The van der Waals surface area contributed by atoms with Crippen LogP contribution in [0.25, 0.3) is 6.08 Å². The van der Waals surface area contributed by atoms with Gasteiger partial charge in [0.1, 0.15) is 5.69 Å². The van der Waals surface area contributed by atoms with E-state index in [2.05, 4.69) is 4.98 Å². The largest absolute Gasteiger partial charge is 0.461 e. The van der Waals surface area contributed by atoms with Crippen LogP contribution in [0.4, 0.5) is 0 Å². The number of ether oxygens (including phenoxy) is 1. The lowest BCUT2D eigenvalue weighted by molar-refractivity contribution is 0.0520. The highest BCUT2D eigenvalue weighted by Crippen LogP contribution is 2.22. The van der Waals surface area contributed by atoms with Gasteiger partial charge in [0.2, 0.25) is 0 Å². The van der Waals surface area contributed by atoms with Crippen LogP contribution >= 0.6 is 0 Å². The molecule has 0 spiro atoms. The molecule has 2 rings (SSSR count). The summed E-state index contributed by atoms with van der Waals surface area (Å²) in [6, 6.07) is 1.79. The summed E-state index contributed by atoms with van der Waals surface area (Å²) in [5.74, 6) is -0.307. The Morgan fingerprint density at radius 2 is 2.40 bits per heavy atom. The lowest BCUT2D eigenvalue weighted by Gasteiger charge is -2.08. The van der Waals surface area contributed by atoms with Gasteiger partial charge < -0.3 is 15.5 Å². The molecule has 0 amide bonds. The van der Waals surface area contributed by atoms with E-state index in [1.807, 2.05) is 6.08 Å². The molecule has 1 heterocycles.